The van der Waals surface area contributed by atoms with Crippen LogP contribution in [0.3, 0.4) is 0 Å². The summed E-state index contributed by atoms with van der Waals surface area (Å²) in [6.07, 6.45) is 1.77. The molecule has 2 rings (SSSR count). The number of carbonyl (C=O) groups excluding carboxylic acids is 1. The van der Waals surface area contributed by atoms with Crippen molar-refractivity contribution in [3.8, 4) is 5.75 Å². The first-order valence-electron chi connectivity index (χ1n) is 5.75. The first-order chi connectivity index (χ1) is 8.08. The lowest BCUT2D eigenvalue weighted by Gasteiger charge is -2.12. The predicted octanol–water partition coefficient (Wildman–Crippen LogP) is 2.30. The van der Waals surface area contributed by atoms with Gasteiger partial charge in [-0.25, -0.2) is 0 Å². The van der Waals surface area contributed by atoms with Gasteiger partial charge in [0, 0.05) is 30.6 Å². The van der Waals surface area contributed by atoms with E-state index in [1.54, 1.807) is 6.07 Å². The molecule has 0 aliphatic carbocycles. The molecule has 0 N–H and O–H groups in total. The van der Waals surface area contributed by atoms with Gasteiger partial charge in [0.15, 0.2) is 0 Å². The molecule has 3 nitrogen and oxygen atoms in total. The fourth-order valence-corrected chi connectivity index (χ4v) is 2.43. The van der Waals surface area contributed by atoms with Crippen LogP contribution in [0, 0.1) is 0 Å². The van der Waals surface area contributed by atoms with Crippen molar-refractivity contribution in [1.29, 1.82) is 0 Å². The summed E-state index contributed by atoms with van der Waals surface area (Å²) in [7, 11) is 2.09. The third-order valence-corrected chi connectivity index (χ3v) is 3.43. The Balaban J connectivity index is 2.40. The Morgan fingerprint density at radius 2 is 1.94 bits per heavy atom. The molecule has 1 aliphatic rings. The van der Waals surface area contributed by atoms with E-state index in [2.05, 4.69) is 11.9 Å². The van der Waals surface area contributed by atoms with Gasteiger partial charge in [0.25, 0.3) is 0 Å². The Morgan fingerprint density at radius 1 is 1.29 bits per heavy atom. The van der Waals surface area contributed by atoms with Crippen molar-refractivity contribution in [1.82, 2.24) is 4.90 Å². The van der Waals surface area contributed by atoms with Crippen molar-refractivity contribution in [3.05, 3.63) is 28.3 Å². The molecule has 0 amide bonds. The zero-order chi connectivity index (χ0) is 12.4. The van der Waals surface area contributed by atoms with Crippen LogP contribution in [0.5, 0.6) is 5.75 Å². The predicted molar refractivity (Wildman–Crippen MR) is 67.7 cm³/mol. The zero-order valence-corrected chi connectivity index (χ0v) is 10.9. The molecule has 0 bridgehead atoms. The van der Waals surface area contributed by atoms with Crippen LogP contribution < -0.4 is 4.74 Å². The number of carbonyl (C=O) groups is 1. The maximum atomic E-state index is 11.1. The largest absolute Gasteiger partial charge is 0.426 e. The summed E-state index contributed by atoms with van der Waals surface area (Å²) in [4.78, 5) is 13.3. The monoisotopic (exact) mass is 253 g/mol. The molecule has 0 spiro atoms. The summed E-state index contributed by atoms with van der Waals surface area (Å²) in [5.74, 6) is 0.374. The Morgan fingerprint density at radius 3 is 2.59 bits per heavy atom. The van der Waals surface area contributed by atoms with Gasteiger partial charge in [-0.05, 0) is 37.6 Å². The van der Waals surface area contributed by atoms with Crippen LogP contribution in [0.15, 0.2) is 12.1 Å². The smallest absolute Gasteiger partial charge is 0.308 e. The second-order valence-corrected chi connectivity index (χ2v) is 4.81. The van der Waals surface area contributed by atoms with E-state index in [-0.39, 0.29) is 5.97 Å². The van der Waals surface area contributed by atoms with Gasteiger partial charge in [0.05, 0.1) is 0 Å². The Bertz CT molecular complexity index is 445. The molecular weight excluding hydrogens is 238 g/mol. The highest BCUT2D eigenvalue weighted by Gasteiger charge is 2.18. The van der Waals surface area contributed by atoms with Gasteiger partial charge < -0.3 is 9.64 Å². The van der Waals surface area contributed by atoms with Crippen molar-refractivity contribution < 1.29 is 9.53 Å². The average molecular weight is 254 g/mol. The fourth-order valence-electron chi connectivity index (χ4n) is 2.15. The number of fused-ring (bicyclic) bond motifs is 1. The van der Waals surface area contributed by atoms with Crippen molar-refractivity contribution in [3.63, 3.8) is 0 Å². The van der Waals surface area contributed by atoms with E-state index in [1.165, 1.54) is 6.92 Å². The zero-order valence-electron chi connectivity index (χ0n) is 10.1. The van der Waals surface area contributed by atoms with E-state index in [4.69, 9.17) is 16.3 Å². The number of nitrogens with zero attached hydrogens (tertiary/aromatic N) is 1. The first kappa shape index (κ1) is 12.4. The maximum Gasteiger partial charge on any atom is 0.308 e. The number of rotatable bonds is 1. The molecule has 1 heterocycles. The molecule has 1 aromatic rings. The number of hydrogen-bond donors (Lipinski definition) is 0. The topological polar surface area (TPSA) is 29.5 Å². The van der Waals surface area contributed by atoms with E-state index in [0.717, 1.165) is 42.1 Å². The van der Waals surface area contributed by atoms with Crippen molar-refractivity contribution in [2.45, 2.75) is 19.8 Å². The quantitative estimate of drug-likeness (QED) is 0.568. The number of esters is 1. The van der Waals surface area contributed by atoms with Crippen LogP contribution in [0.25, 0.3) is 0 Å². The second kappa shape index (κ2) is 5.07. The van der Waals surface area contributed by atoms with Gasteiger partial charge in [0.1, 0.15) is 5.75 Å². The summed E-state index contributed by atoms with van der Waals surface area (Å²) in [6.45, 7) is 3.36. The molecule has 0 aromatic heterocycles. The standard InChI is InChI=1S/C13H16ClNO2/c1-9(16)17-13-4-3-12(14)10-5-7-15(2)8-6-11(10)13/h3-4H,5-8H2,1-2H3. The van der Waals surface area contributed by atoms with Gasteiger partial charge in [-0.1, -0.05) is 11.6 Å². The van der Waals surface area contributed by atoms with Crippen molar-refractivity contribution in [2.75, 3.05) is 20.1 Å². The van der Waals surface area contributed by atoms with Crippen LogP contribution in [-0.4, -0.2) is 31.0 Å². The van der Waals surface area contributed by atoms with Gasteiger partial charge >= 0.3 is 5.97 Å². The lowest BCUT2D eigenvalue weighted by molar-refractivity contribution is -0.131. The molecule has 92 valence electrons. The summed E-state index contributed by atoms with van der Waals surface area (Å²) in [6, 6.07) is 3.60. The number of benzene rings is 1. The molecular formula is C13H16ClNO2. The van der Waals surface area contributed by atoms with Crippen LogP contribution in [0.4, 0.5) is 0 Å². The minimum Gasteiger partial charge on any atom is -0.426 e. The van der Waals surface area contributed by atoms with Gasteiger partial charge in [-0.15, -0.1) is 0 Å². The summed E-state index contributed by atoms with van der Waals surface area (Å²) >= 11 is 6.21. The molecule has 0 atom stereocenters. The molecule has 0 radical (unpaired) electrons. The molecule has 0 saturated carbocycles. The Labute approximate surface area is 106 Å². The van der Waals surface area contributed by atoms with Crippen LogP contribution in [0.2, 0.25) is 5.02 Å². The number of likely N-dealkylation sites (N-methyl/N-ethyl adjacent to an activating group) is 1. The molecule has 1 aromatic carbocycles. The first-order valence-corrected chi connectivity index (χ1v) is 6.13. The molecule has 4 heteroatoms. The summed E-state index contributed by atoms with van der Waals surface area (Å²) in [5.41, 5.74) is 2.20. The third-order valence-electron chi connectivity index (χ3n) is 3.07. The maximum absolute atomic E-state index is 11.1. The van der Waals surface area contributed by atoms with Gasteiger partial charge in [0.2, 0.25) is 0 Å². The Hall–Kier alpha value is -1.06. The fraction of sp³-hybridized carbons (Fsp3) is 0.462. The van der Waals surface area contributed by atoms with Gasteiger partial charge in [-0.2, -0.15) is 0 Å². The summed E-state index contributed by atoms with van der Waals surface area (Å²) in [5, 5.41) is 0.770. The molecule has 0 saturated heterocycles. The van der Waals surface area contributed by atoms with Crippen LogP contribution >= 0.6 is 11.6 Å². The molecule has 0 fully saturated rings. The highest BCUT2D eigenvalue weighted by atomic mass is 35.5. The Kier molecular flexibility index (Phi) is 3.69. The molecule has 17 heavy (non-hydrogen) atoms. The lowest BCUT2D eigenvalue weighted by Crippen LogP contribution is -2.20. The van der Waals surface area contributed by atoms with Crippen LogP contribution in [-0.2, 0) is 17.6 Å². The van der Waals surface area contributed by atoms with Crippen LogP contribution in [0.1, 0.15) is 18.1 Å². The molecule has 1 aliphatic heterocycles. The van der Waals surface area contributed by atoms with Crippen molar-refractivity contribution >= 4 is 17.6 Å². The third kappa shape index (κ3) is 2.79. The van der Waals surface area contributed by atoms with Crippen molar-refractivity contribution in [2.24, 2.45) is 0 Å². The average Bonchev–Trinajstić information content (AvgIpc) is 2.45. The lowest BCUT2D eigenvalue weighted by atomic mass is 10.0. The highest BCUT2D eigenvalue weighted by Crippen LogP contribution is 2.31. The number of ether oxygens (including phenoxy) is 1. The van der Waals surface area contributed by atoms with E-state index < -0.39 is 0 Å². The molecule has 0 unspecified atom stereocenters. The number of hydrogen-bond acceptors (Lipinski definition) is 3. The van der Waals surface area contributed by atoms with E-state index in [0.29, 0.717) is 5.75 Å². The highest BCUT2D eigenvalue weighted by molar-refractivity contribution is 6.31. The normalized spacial score (nSPS) is 16.2. The number of halogens is 1. The van der Waals surface area contributed by atoms with E-state index >= 15 is 0 Å². The summed E-state index contributed by atoms with van der Waals surface area (Å²) < 4.78 is 5.24. The second-order valence-electron chi connectivity index (χ2n) is 4.40. The SMILES string of the molecule is CC(=O)Oc1ccc(Cl)c2c1CCN(C)CC2. The van der Waals surface area contributed by atoms with E-state index in [9.17, 15) is 4.79 Å². The minimum absolute atomic E-state index is 0.285. The minimum atomic E-state index is -0.285. The van der Waals surface area contributed by atoms with Gasteiger partial charge in [-0.3, -0.25) is 4.79 Å². The van der Waals surface area contributed by atoms with E-state index in [1.807, 2.05) is 6.07 Å².